The van der Waals surface area contributed by atoms with Crippen LogP contribution in [-0.2, 0) is 0 Å². The molecule has 74 valence electrons. The van der Waals surface area contributed by atoms with E-state index >= 15 is 0 Å². The van der Waals surface area contributed by atoms with Gasteiger partial charge in [-0.2, -0.15) is 0 Å². The minimum Gasteiger partial charge on any atom is -0.491 e. The van der Waals surface area contributed by atoms with E-state index in [1.54, 1.807) is 17.4 Å². The molecule has 0 spiro atoms. The van der Waals surface area contributed by atoms with E-state index in [2.05, 4.69) is 15.9 Å². The van der Waals surface area contributed by atoms with E-state index in [0.717, 1.165) is 13.9 Å². The maximum atomic E-state index is 13.4. The summed E-state index contributed by atoms with van der Waals surface area (Å²) < 4.78 is 20.6. The lowest BCUT2D eigenvalue weighted by Crippen LogP contribution is -1.93. The van der Waals surface area contributed by atoms with Crippen LogP contribution < -0.4 is 4.74 Å². The Kier molecular flexibility index (Phi) is 2.74. The molecule has 1 nitrogen and oxygen atoms in total. The molecule has 14 heavy (non-hydrogen) atoms. The fraction of sp³-hybridized carbons (Fsp3) is 0.200. The predicted octanol–water partition coefficient (Wildman–Crippen LogP) is 4.20. The molecule has 1 aromatic carbocycles. The lowest BCUT2D eigenvalue weighted by molar-refractivity contribution is 0.322. The largest absolute Gasteiger partial charge is 0.491 e. The van der Waals surface area contributed by atoms with Crippen molar-refractivity contribution in [3.05, 3.63) is 27.8 Å². The van der Waals surface area contributed by atoms with Gasteiger partial charge in [0.25, 0.3) is 0 Å². The average Bonchev–Trinajstić information content (AvgIpc) is 2.45. The molecule has 1 heterocycles. The Hall–Kier alpha value is -0.610. The van der Waals surface area contributed by atoms with Gasteiger partial charge in [-0.1, -0.05) is 0 Å². The van der Waals surface area contributed by atoms with Crippen molar-refractivity contribution in [2.75, 3.05) is 6.61 Å². The van der Waals surface area contributed by atoms with Crippen LogP contribution in [0.15, 0.2) is 22.0 Å². The first kappa shape index (κ1) is 9.93. The lowest BCUT2D eigenvalue weighted by Gasteiger charge is -2.03. The monoisotopic (exact) mass is 274 g/mol. The molecule has 1 aromatic heterocycles. The number of halogens is 2. The molecule has 0 aliphatic rings. The molecule has 0 bridgehead atoms. The van der Waals surface area contributed by atoms with Gasteiger partial charge < -0.3 is 4.74 Å². The fourth-order valence-corrected chi connectivity index (χ4v) is 2.84. The highest BCUT2D eigenvalue weighted by Crippen LogP contribution is 2.33. The van der Waals surface area contributed by atoms with Crippen molar-refractivity contribution in [1.82, 2.24) is 0 Å². The number of rotatable bonds is 2. The number of hydrogen-bond donors (Lipinski definition) is 0. The fourth-order valence-electron chi connectivity index (χ4n) is 1.27. The summed E-state index contributed by atoms with van der Waals surface area (Å²) in [6.07, 6.45) is 0. The van der Waals surface area contributed by atoms with Crippen molar-refractivity contribution in [2.45, 2.75) is 6.92 Å². The Labute approximate surface area is 93.6 Å². The molecule has 0 saturated heterocycles. The third-order valence-electron chi connectivity index (χ3n) is 1.84. The Morgan fingerprint density at radius 3 is 2.93 bits per heavy atom. The van der Waals surface area contributed by atoms with E-state index in [1.807, 2.05) is 13.0 Å². The van der Waals surface area contributed by atoms with Crippen LogP contribution in [-0.4, -0.2) is 6.61 Å². The van der Waals surface area contributed by atoms with Gasteiger partial charge in [-0.25, -0.2) is 4.39 Å². The van der Waals surface area contributed by atoms with E-state index in [0.29, 0.717) is 12.4 Å². The SMILES string of the molecule is CCOc1cc2sc(Br)cc2cc1F. The van der Waals surface area contributed by atoms with Gasteiger partial charge in [0.2, 0.25) is 0 Å². The molecule has 0 fully saturated rings. The zero-order valence-corrected chi connectivity index (χ0v) is 9.91. The maximum Gasteiger partial charge on any atom is 0.165 e. The second kappa shape index (κ2) is 3.87. The Balaban J connectivity index is 2.58. The number of thiophene rings is 1. The van der Waals surface area contributed by atoms with Crippen LogP contribution in [0.3, 0.4) is 0 Å². The second-order valence-corrected chi connectivity index (χ2v) is 5.27. The zero-order chi connectivity index (χ0) is 10.1. The topological polar surface area (TPSA) is 9.23 Å². The van der Waals surface area contributed by atoms with Crippen LogP contribution in [0.4, 0.5) is 4.39 Å². The minimum absolute atomic E-state index is 0.301. The third kappa shape index (κ3) is 1.77. The molecule has 0 saturated carbocycles. The molecule has 4 heteroatoms. The van der Waals surface area contributed by atoms with Gasteiger partial charge in [0, 0.05) is 10.8 Å². The van der Waals surface area contributed by atoms with E-state index in [1.165, 1.54) is 6.07 Å². The Bertz CT molecular complexity index is 466. The normalized spacial score (nSPS) is 10.8. The summed E-state index contributed by atoms with van der Waals surface area (Å²) in [5, 5.41) is 0.905. The van der Waals surface area contributed by atoms with Gasteiger partial charge >= 0.3 is 0 Å². The smallest absolute Gasteiger partial charge is 0.165 e. The van der Waals surface area contributed by atoms with Gasteiger partial charge in [0.15, 0.2) is 11.6 Å². The quantitative estimate of drug-likeness (QED) is 0.798. The van der Waals surface area contributed by atoms with Crippen molar-refractivity contribution >= 4 is 37.4 Å². The molecular weight excluding hydrogens is 267 g/mol. The number of hydrogen-bond acceptors (Lipinski definition) is 2. The lowest BCUT2D eigenvalue weighted by atomic mass is 10.2. The van der Waals surface area contributed by atoms with Crippen LogP contribution in [0.5, 0.6) is 5.75 Å². The van der Waals surface area contributed by atoms with Crippen molar-refractivity contribution in [3.63, 3.8) is 0 Å². The first-order valence-electron chi connectivity index (χ1n) is 4.22. The van der Waals surface area contributed by atoms with Gasteiger partial charge in [-0.3, -0.25) is 0 Å². The first-order valence-corrected chi connectivity index (χ1v) is 5.83. The van der Waals surface area contributed by atoms with Crippen LogP contribution in [0.2, 0.25) is 0 Å². The van der Waals surface area contributed by atoms with Crippen LogP contribution in [0, 0.1) is 5.82 Å². The zero-order valence-electron chi connectivity index (χ0n) is 7.51. The standard InChI is InChI=1S/C10H8BrFOS/c1-2-13-8-5-9-6(3-7(8)12)4-10(11)14-9/h3-5H,2H2,1H3. The summed E-state index contributed by atoms with van der Waals surface area (Å²) in [4.78, 5) is 0. The second-order valence-electron chi connectivity index (χ2n) is 2.80. The predicted molar refractivity (Wildman–Crippen MR) is 60.7 cm³/mol. The molecule has 0 radical (unpaired) electrons. The van der Waals surface area contributed by atoms with Gasteiger partial charge in [-0.05, 0) is 40.4 Å². The van der Waals surface area contributed by atoms with Gasteiger partial charge in [0.05, 0.1) is 10.4 Å². The van der Waals surface area contributed by atoms with Crippen molar-refractivity contribution < 1.29 is 9.13 Å². The van der Waals surface area contributed by atoms with Crippen molar-refractivity contribution in [1.29, 1.82) is 0 Å². The summed E-state index contributed by atoms with van der Waals surface area (Å²) in [7, 11) is 0. The summed E-state index contributed by atoms with van der Waals surface area (Å²) in [5.74, 6) is 0.0269. The Morgan fingerprint density at radius 1 is 1.43 bits per heavy atom. The highest BCUT2D eigenvalue weighted by Gasteiger charge is 2.07. The van der Waals surface area contributed by atoms with E-state index in [-0.39, 0.29) is 5.82 Å². The first-order chi connectivity index (χ1) is 6.70. The Morgan fingerprint density at radius 2 is 2.21 bits per heavy atom. The van der Waals surface area contributed by atoms with E-state index in [9.17, 15) is 4.39 Å². The molecule has 0 amide bonds. The van der Waals surface area contributed by atoms with Crippen LogP contribution in [0.25, 0.3) is 10.1 Å². The molecule has 2 rings (SSSR count). The molecule has 0 N–H and O–H groups in total. The minimum atomic E-state index is -0.301. The third-order valence-corrected chi connectivity index (χ3v) is 3.44. The average molecular weight is 275 g/mol. The molecule has 0 aliphatic heterocycles. The number of ether oxygens (including phenoxy) is 1. The summed E-state index contributed by atoms with van der Waals surface area (Å²) in [5.41, 5.74) is 0. The number of fused-ring (bicyclic) bond motifs is 1. The number of benzene rings is 1. The van der Waals surface area contributed by atoms with Crippen molar-refractivity contribution in [3.8, 4) is 5.75 Å². The van der Waals surface area contributed by atoms with Crippen LogP contribution >= 0.6 is 27.3 Å². The summed E-state index contributed by atoms with van der Waals surface area (Å²) in [6, 6.07) is 5.14. The highest BCUT2D eigenvalue weighted by atomic mass is 79.9. The molecule has 0 aliphatic carbocycles. The summed E-state index contributed by atoms with van der Waals surface area (Å²) in [6.45, 7) is 2.32. The van der Waals surface area contributed by atoms with Crippen molar-refractivity contribution in [2.24, 2.45) is 0 Å². The van der Waals surface area contributed by atoms with E-state index < -0.39 is 0 Å². The van der Waals surface area contributed by atoms with Gasteiger partial charge in [-0.15, -0.1) is 11.3 Å². The van der Waals surface area contributed by atoms with Crippen LogP contribution in [0.1, 0.15) is 6.92 Å². The highest BCUT2D eigenvalue weighted by molar-refractivity contribution is 9.11. The molecular formula is C10H8BrFOS. The van der Waals surface area contributed by atoms with E-state index in [4.69, 9.17) is 4.74 Å². The molecule has 0 atom stereocenters. The summed E-state index contributed by atoms with van der Waals surface area (Å²) >= 11 is 4.94. The maximum absolute atomic E-state index is 13.4. The van der Waals surface area contributed by atoms with Gasteiger partial charge in [0.1, 0.15) is 0 Å². The molecule has 2 aromatic rings. The molecule has 0 unspecified atom stereocenters.